The lowest BCUT2D eigenvalue weighted by molar-refractivity contribution is 0.224. The topological polar surface area (TPSA) is 15.3 Å². The molecule has 0 aliphatic heterocycles. The Bertz CT molecular complexity index is 209. The van der Waals surface area contributed by atoms with Gasteiger partial charge < -0.3 is 5.32 Å². The van der Waals surface area contributed by atoms with Crippen LogP contribution in [0.1, 0.15) is 46.5 Å². The quantitative estimate of drug-likeness (QED) is 0.478. The maximum Gasteiger partial charge on any atom is 0.0190 e. The zero-order valence-electron chi connectivity index (χ0n) is 11.3. The highest BCUT2D eigenvalue weighted by Gasteiger charge is 2.19. The van der Waals surface area contributed by atoms with E-state index in [1.54, 1.807) is 0 Å². The van der Waals surface area contributed by atoms with Crippen LogP contribution in [0.2, 0.25) is 0 Å². The first kappa shape index (κ1) is 13.7. The monoisotopic (exact) mass is 224 g/mol. The highest BCUT2D eigenvalue weighted by molar-refractivity contribution is 4.92. The van der Waals surface area contributed by atoms with E-state index in [1.165, 1.54) is 37.8 Å². The summed E-state index contributed by atoms with van der Waals surface area (Å²) < 4.78 is 0. The van der Waals surface area contributed by atoms with Crippen molar-refractivity contribution in [3.05, 3.63) is 12.2 Å². The van der Waals surface area contributed by atoms with E-state index in [-0.39, 0.29) is 0 Å². The molecule has 0 aromatic carbocycles. The van der Waals surface area contributed by atoms with Crippen LogP contribution in [0.25, 0.3) is 0 Å². The third-order valence-corrected chi connectivity index (χ3v) is 3.31. The summed E-state index contributed by atoms with van der Waals surface area (Å²) in [4.78, 5) is 2.51. The highest BCUT2D eigenvalue weighted by atomic mass is 15.1. The van der Waals surface area contributed by atoms with E-state index in [1.807, 2.05) is 0 Å². The normalized spacial score (nSPS) is 17.8. The lowest BCUT2D eigenvalue weighted by Crippen LogP contribution is -2.34. The number of rotatable bonds is 9. The highest BCUT2D eigenvalue weighted by Crippen LogP contribution is 2.18. The molecular formula is C14H28N2. The van der Waals surface area contributed by atoms with E-state index in [4.69, 9.17) is 0 Å². The molecule has 1 atom stereocenters. The molecule has 0 heterocycles. The molecule has 1 fully saturated rings. The maximum atomic E-state index is 4.00. The van der Waals surface area contributed by atoms with Gasteiger partial charge in [-0.2, -0.15) is 0 Å². The van der Waals surface area contributed by atoms with Crippen molar-refractivity contribution in [2.45, 2.75) is 58.5 Å². The van der Waals surface area contributed by atoms with Gasteiger partial charge in [0.1, 0.15) is 0 Å². The van der Waals surface area contributed by atoms with Gasteiger partial charge in [0.2, 0.25) is 0 Å². The molecule has 0 bridgehead atoms. The summed E-state index contributed by atoms with van der Waals surface area (Å²) in [5, 5.41) is 3.57. The molecule has 0 aromatic rings. The van der Waals surface area contributed by atoms with Gasteiger partial charge in [-0.3, -0.25) is 4.90 Å². The van der Waals surface area contributed by atoms with E-state index >= 15 is 0 Å². The SMILES string of the molecule is C=C(C)CN(CC)C(C)CCCNC1CC1. The largest absolute Gasteiger partial charge is 0.314 e. The second kappa shape index (κ2) is 7.08. The molecule has 0 aromatic heterocycles. The molecule has 1 aliphatic carbocycles. The summed E-state index contributed by atoms with van der Waals surface area (Å²) in [7, 11) is 0. The molecule has 1 aliphatic rings. The molecular weight excluding hydrogens is 196 g/mol. The molecule has 1 rings (SSSR count). The predicted octanol–water partition coefficient (Wildman–Crippen LogP) is 2.81. The fourth-order valence-corrected chi connectivity index (χ4v) is 2.10. The standard InChI is InChI=1S/C14H28N2/c1-5-16(11-12(2)3)13(4)7-6-10-15-14-8-9-14/h13-15H,2,5-11H2,1,3-4H3. The number of nitrogens with zero attached hydrogens (tertiary/aromatic N) is 1. The van der Waals surface area contributed by atoms with Crippen LogP contribution in [0.3, 0.4) is 0 Å². The Morgan fingerprint density at radius 3 is 2.69 bits per heavy atom. The van der Waals surface area contributed by atoms with Crippen LogP contribution in [0.15, 0.2) is 12.2 Å². The van der Waals surface area contributed by atoms with Gasteiger partial charge in [0.05, 0.1) is 0 Å². The number of nitrogens with one attached hydrogen (secondary N) is 1. The van der Waals surface area contributed by atoms with Crippen molar-refractivity contribution in [3.8, 4) is 0 Å². The Morgan fingerprint density at radius 1 is 1.50 bits per heavy atom. The fourth-order valence-electron chi connectivity index (χ4n) is 2.10. The van der Waals surface area contributed by atoms with Crippen LogP contribution >= 0.6 is 0 Å². The summed E-state index contributed by atoms with van der Waals surface area (Å²) in [6, 6.07) is 1.54. The molecule has 0 radical (unpaired) electrons. The van der Waals surface area contributed by atoms with Gasteiger partial charge in [-0.15, -0.1) is 0 Å². The van der Waals surface area contributed by atoms with Gasteiger partial charge >= 0.3 is 0 Å². The smallest absolute Gasteiger partial charge is 0.0190 e. The molecule has 1 saturated carbocycles. The van der Waals surface area contributed by atoms with Gasteiger partial charge in [0.25, 0.3) is 0 Å². The van der Waals surface area contributed by atoms with Crippen molar-refractivity contribution >= 4 is 0 Å². The summed E-state index contributed by atoms with van der Waals surface area (Å²) in [6.07, 6.45) is 5.38. The molecule has 2 nitrogen and oxygen atoms in total. The Hall–Kier alpha value is -0.340. The van der Waals surface area contributed by atoms with E-state index < -0.39 is 0 Å². The number of hydrogen-bond donors (Lipinski definition) is 1. The van der Waals surface area contributed by atoms with Crippen molar-refractivity contribution in [1.29, 1.82) is 0 Å². The third kappa shape index (κ3) is 5.66. The Kier molecular flexibility index (Phi) is 6.07. The van der Waals surface area contributed by atoms with Gasteiger partial charge in [0, 0.05) is 18.6 Å². The Balaban J connectivity index is 2.09. The predicted molar refractivity (Wildman–Crippen MR) is 71.8 cm³/mol. The summed E-state index contributed by atoms with van der Waals surface area (Å²) in [6.45, 7) is 14.1. The van der Waals surface area contributed by atoms with E-state index in [9.17, 15) is 0 Å². The van der Waals surface area contributed by atoms with E-state index in [0.29, 0.717) is 6.04 Å². The van der Waals surface area contributed by atoms with Gasteiger partial charge in [0.15, 0.2) is 0 Å². The van der Waals surface area contributed by atoms with Crippen molar-refractivity contribution in [2.24, 2.45) is 0 Å². The first-order chi connectivity index (χ1) is 7.63. The zero-order chi connectivity index (χ0) is 12.0. The van der Waals surface area contributed by atoms with E-state index in [0.717, 1.165) is 19.1 Å². The number of likely N-dealkylation sites (N-methyl/N-ethyl adjacent to an activating group) is 1. The van der Waals surface area contributed by atoms with Crippen LogP contribution in [-0.4, -0.2) is 36.6 Å². The minimum Gasteiger partial charge on any atom is -0.314 e. The molecule has 2 heteroatoms. The maximum absolute atomic E-state index is 4.00. The molecule has 0 saturated heterocycles. The van der Waals surface area contributed by atoms with Crippen molar-refractivity contribution in [1.82, 2.24) is 10.2 Å². The van der Waals surface area contributed by atoms with Crippen molar-refractivity contribution < 1.29 is 0 Å². The Morgan fingerprint density at radius 2 is 2.19 bits per heavy atom. The lowest BCUT2D eigenvalue weighted by Gasteiger charge is -2.28. The van der Waals surface area contributed by atoms with Gasteiger partial charge in [-0.1, -0.05) is 19.1 Å². The van der Waals surface area contributed by atoms with Crippen molar-refractivity contribution in [3.63, 3.8) is 0 Å². The van der Waals surface area contributed by atoms with Crippen LogP contribution < -0.4 is 5.32 Å². The first-order valence-corrected chi connectivity index (χ1v) is 6.75. The minimum absolute atomic E-state index is 0.683. The average molecular weight is 224 g/mol. The summed E-state index contributed by atoms with van der Waals surface area (Å²) in [5.41, 5.74) is 1.27. The third-order valence-electron chi connectivity index (χ3n) is 3.31. The van der Waals surface area contributed by atoms with Gasteiger partial charge in [-0.25, -0.2) is 0 Å². The molecule has 1 N–H and O–H groups in total. The zero-order valence-corrected chi connectivity index (χ0v) is 11.3. The van der Waals surface area contributed by atoms with Gasteiger partial charge in [-0.05, 0) is 52.6 Å². The molecule has 94 valence electrons. The lowest BCUT2D eigenvalue weighted by atomic mass is 10.1. The van der Waals surface area contributed by atoms with Crippen LogP contribution in [-0.2, 0) is 0 Å². The molecule has 0 spiro atoms. The van der Waals surface area contributed by atoms with Crippen LogP contribution in [0.4, 0.5) is 0 Å². The molecule has 0 amide bonds. The fraction of sp³-hybridized carbons (Fsp3) is 0.857. The summed E-state index contributed by atoms with van der Waals surface area (Å²) in [5.74, 6) is 0. The first-order valence-electron chi connectivity index (χ1n) is 6.75. The summed E-state index contributed by atoms with van der Waals surface area (Å²) >= 11 is 0. The minimum atomic E-state index is 0.683. The van der Waals surface area contributed by atoms with Crippen LogP contribution in [0.5, 0.6) is 0 Å². The number of hydrogen-bond acceptors (Lipinski definition) is 2. The van der Waals surface area contributed by atoms with E-state index in [2.05, 4.69) is 37.6 Å². The molecule has 1 unspecified atom stereocenters. The second-order valence-electron chi connectivity index (χ2n) is 5.24. The molecule has 16 heavy (non-hydrogen) atoms. The van der Waals surface area contributed by atoms with Crippen molar-refractivity contribution in [2.75, 3.05) is 19.6 Å². The average Bonchev–Trinajstić information content (AvgIpc) is 3.04. The Labute approximate surface area is 101 Å². The van der Waals surface area contributed by atoms with Crippen LogP contribution in [0, 0.1) is 0 Å². The second-order valence-corrected chi connectivity index (χ2v) is 5.24.